The van der Waals surface area contributed by atoms with E-state index >= 15 is 0 Å². The molecule has 0 bridgehead atoms. The summed E-state index contributed by atoms with van der Waals surface area (Å²) in [5.41, 5.74) is 0.936. The Hall–Kier alpha value is -3.68. The number of nitrogens with zero attached hydrogens (tertiary/aromatic N) is 1. The molecule has 0 aliphatic heterocycles. The molecule has 0 aromatic heterocycles. The number of rotatable bonds is 7. The number of ether oxygens (including phenoxy) is 1. The first-order valence-corrected chi connectivity index (χ1v) is 7.57. The van der Waals surface area contributed by atoms with Crippen LogP contribution >= 0.6 is 0 Å². The standard InChI is InChI=1S/C18H17N3O5/c1-3-17(22)19-11-12-4-6-13(7-5-12)18(23)20-15-9-8-14(26-2)10-16(15)21(24)25/h3-10H,1,11H2,2H3,(H,19,22)(H,20,23). The van der Waals surface area contributed by atoms with Crippen molar-refractivity contribution in [2.24, 2.45) is 0 Å². The zero-order valence-electron chi connectivity index (χ0n) is 14.0. The van der Waals surface area contributed by atoms with Gasteiger partial charge in [-0.05, 0) is 35.9 Å². The number of carbonyl (C=O) groups excluding carboxylic acids is 2. The summed E-state index contributed by atoms with van der Waals surface area (Å²) < 4.78 is 4.96. The van der Waals surface area contributed by atoms with Gasteiger partial charge in [0.1, 0.15) is 11.4 Å². The number of methoxy groups -OCH3 is 1. The van der Waals surface area contributed by atoms with Crippen LogP contribution in [0, 0.1) is 10.1 Å². The minimum Gasteiger partial charge on any atom is -0.496 e. The van der Waals surface area contributed by atoms with Crippen molar-refractivity contribution in [2.75, 3.05) is 12.4 Å². The van der Waals surface area contributed by atoms with Crippen LogP contribution in [0.25, 0.3) is 0 Å². The van der Waals surface area contributed by atoms with E-state index in [4.69, 9.17) is 4.74 Å². The van der Waals surface area contributed by atoms with Crippen LogP contribution in [0.4, 0.5) is 11.4 Å². The topological polar surface area (TPSA) is 111 Å². The second-order valence-corrected chi connectivity index (χ2v) is 5.21. The van der Waals surface area contributed by atoms with Crippen molar-refractivity contribution in [3.8, 4) is 5.75 Å². The molecule has 8 nitrogen and oxygen atoms in total. The summed E-state index contributed by atoms with van der Waals surface area (Å²) in [4.78, 5) is 34.0. The summed E-state index contributed by atoms with van der Waals surface area (Å²) in [6.07, 6.45) is 1.17. The highest BCUT2D eigenvalue weighted by molar-refractivity contribution is 6.05. The SMILES string of the molecule is C=CC(=O)NCc1ccc(C(=O)Nc2ccc(OC)cc2[N+](=O)[O-])cc1. The van der Waals surface area contributed by atoms with Crippen molar-refractivity contribution in [3.05, 3.63) is 76.4 Å². The molecular formula is C18H17N3O5. The third-order valence-electron chi connectivity index (χ3n) is 3.52. The van der Waals surface area contributed by atoms with Crippen molar-refractivity contribution >= 4 is 23.2 Å². The van der Waals surface area contributed by atoms with E-state index in [-0.39, 0.29) is 17.3 Å². The number of carbonyl (C=O) groups is 2. The lowest BCUT2D eigenvalue weighted by molar-refractivity contribution is -0.384. The van der Waals surface area contributed by atoms with Crippen molar-refractivity contribution in [2.45, 2.75) is 6.54 Å². The van der Waals surface area contributed by atoms with Crippen LogP contribution in [0.3, 0.4) is 0 Å². The molecule has 0 unspecified atom stereocenters. The third kappa shape index (κ3) is 4.67. The minimum absolute atomic E-state index is 0.0723. The van der Waals surface area contributed by atoms with E-state index in [1.807, 2.05) is 0 Å². The Kier molecular flexibility index (Phi) is 6.05. The maximum atomic E-state index is 12.3. The summed E-state index contributed by atoms with van der Waals surface area (Å²) in [6.45, 7) is 3.66. The van der Waals surface area contributed by atoms with Gasteiger partial charge in [0.05, 0.1) is 18.1 Å². The Bertz CT molecular complexity index is 846. The average Bonchev–Trinajstić information content (AvgIpc) is 2.66. The molecule has 2 aromatic carbocycles. The molecule has 0 aliphatic rings. The van der Waals surface area contributed by atoms with Gasteiger partial charge in [-0.1, -0.05) is 18.7 Å². The maximum Gasteiger partial charge on any atom is 0.296 e. The number of nitro groups is 1. The molecule has 8 heteroatoms. The molecule has 0 aliphatic carbocycles. The fraction of sp³-hybridized carbons (Fsp3) is 0.111. The summed E-state index contributed by atoms with van der Waals surface area (Å²) >= 11 is 0. The van der Waals surface area contributed by atoms with E-state index in [9.17, 15) is 19.7 Å². The predicted octanol–water partition coefficient (Wildman–Crippen LogP) is 2.66. The average molecular weight is 355 g/mol. The molecule has 0 fully saturated rings. The number of nitrogens with one attached hydrogen (secondary N) is 2. The van der Waals surface area contributed by atoms with Gasteiger partial charge in [-0.25, -0.2) is 0 Å². The van der Waals surface area contributed by atoms with Crippen LogP contribution in [0.1, 0.15) is 15.9 Å². The molecule has 2 aromatic rings. The summed E-state index contributed by atoms with van der Waals surface area (Å²) in [5.74, 6) is -0.459. The van der Waals surface area contributed by atoms with Gasteiger partial charge in [0.15, 0.2) is 0 Å². The molecule has 2 rings (SSSR count). The van der Waals surface area contributed by atoms with E-state index < -0.39 is 10.8 Å². The zero-order chi connectivity index (χ0) is 19.1. The number of nitro benzene ring substituents is 1. The van der Waals surface area contributed by atoms with E-state index in [2.05, 4.69) is 17.2 Å². The normalized spacial score (nSPS) is 9.88. The van der Waals surface area contributed by atoms with Crippen molar-refractivity contribution in [3.63, 3.8) is 0 Å². The number of hydrogen-bond donors (Lipinski definition) is 2. The molecule has 2 amide bonds. The van der Waals surface area contributed by atoms with Gasteiger partial charge in [0, 0.05) is 12.1 Å². The highest BCUT2D eigenvalue weighted by Crippen LogP contribution is 2.29. The Morgan fingerprint density at radius 1 is 1.23 bits per heavy atom. The molecule has 0 heterocycles. The lowest BCUT2D eigenvalue weighted by atomic mass is 10.1. The molecule has 0 atom stereocenters. The van der Waals surface area contributed by atoms with Crippen molar-refractivity contribution in [1.29, 1.82) is 0 Å². The molecule has 0 radical (unpaired) electrons. The molecule has 0 saturated carbocycles. The first-order chi connectivity index (χ1) is 12.4. The summed E-state index contributed by atoms with van der Waals surface area (Å²) in [7, 11) is 1.40. The molecule has 26 heavy (non-hydrogen) atoms. The molecule has 0 saturated heterocycles. The highest BCUT2D eigenvalue weighted by Gasteiger charge is 2.18. The monoisotopic (exact) mass is 355 g/mol. The van der Waals surface area contributed by atoms with Crippen molar-refractivity contribution < 1.29 is 19.2 Å². The fourth-order valence-electron chi connectivity index (χ4n) is 2.12. The largest absolute Gasteiger partial charge is 0.496 e. The van der Waals surface area contributed by atoms with Gasteiger partial charge in [-0.3, -0.25) is 19.7 Å². The van der Waals surface area contributed by atoms with E-state index in [1.165, 1.54) is 31.4 Å². The zero-order valence-corrected chi connectivity index (χ0v) is 14.0. The third-order valence-corrected chi connectivity index (χ3v) is 3.52. The highest BCUT2D eigenvalue weighted by atomic mass is 16.6. The summed E-state index contributed by atoms with van der Waals surface area (Å²) in [6, 6.07) is 10.7. The molecule has 2 N–H and O–H groups in total. The second-order valence-electron chi connectivity index (χ2n) is 5.21. The van der Waals surface area contributed by atoms with Gasteiger partial charge >= 0.3 is 0 Å². The molecular weight excluding hydrogens is 338 g/mol. The lowest BCUT2D eigenvalue weighted by Gasteiger charge is -2.08. The quantitative estimate of drug-likeness (QED) is 0.451. The van der Waals surface area contributed by atoms with E-state index in [0.717, 1.165) is 5.56 Å². The lowest BCUT2D eigenvalue weighted by Crippen LogP contribution is -2.20. The number of amides is 2. The van der Waals surface area contributed by atoms with Gasteiger partial charge in [-0.2, -0.15) is 0 Å². The number of anilines is 1. The van der Waals surface area contributed by atoms with Crippen LogP contribution in [-0.4, -0.2) is 23.8 Å². The number of hydrogen-bond acceptors (Lipinski definition) is 5. The van der Waals surface area contributed by atoms with Gasteiger partial charge in [0.2, 0.25) is 5.91 Å². The van der Waals surface area contributed by atoms with Crippen LogP contribution in [0.15, 0.2) is 55.1 Å². The Balaban J connectivity index is 2.11. The van der Waals surface area contributed by atoms with Crippen LogP contribution in [0.2, 0.25) is 0 Å². The maximum absolute atomic E-state index is 12.3. The van der Waals surface area contributed by atoms with Crippen LogP contribution < -0.4 is 15.4 Å². The van der Waals surface area contributed by atoms with Gasteiger partial charge < -0.3 is 15.4 Å². The Morgan fingerprint density at radius 3 is 2.50 bits per heavy atom. The Labute approximate surface area is 149 Å². The first kappa shape index (κ1) is 18.7. The predicted molar refractivity (Wildman–Crippen MR) is 96.1 cm³/mol. The minimum atomic E-state index is -0.594. The fourth-order valence-corrected chi connectivity index (χ4v) is 2.12. The smallest absolute Gasteiger partial charge is 0.296 e. The van der Waals surface area contributed by atoms with Crippen LogP contribution in [0.5, 0.6) is 5.75 Å². The molecule has 134 valence electrons. The van der Waals surface area contributed by atoms with Crippen molar-refractivity contribution in [1.82, 2.24) is 5.32 Å². The number of benzene rings is 2. The molecule has 0 spiro atoms. The van der Waals surface area contributed by atoms with E-state index in [0.29, 0.717) is 17.9 Å². The summed E-state index contributed by atoms with van der Waals surface area (Å²) in [5, 5.41) is 16.3. The van der Waals surface area contributed by atoms with Gasteiger partial charge in [0.25, 0.3) is 11.6 Å². The van der Waals surface area contributed by atoms with E-state index in [1.54, 1.807) is 24.3 Å². The van der Waals surface area contributed by atoms with Crippen LogP contribution in [-0.2, 0) is 11.3 Å². The Morgan fingerprint density at radius 2 is 1.92 bits per heavy atom. The first-order valence-electron chi connectivity index (χ1n) is 7.57. The second kappa shape index (κ2) is 8.43. The van der Waals surface area contributed by atoms with Gasteiger partial charge in [-0.15, -0.1) is 0 Å².